The Morgan fingerprint density at radius 2 is 2.18 bits per heavy atom. The van der Waals surface area contributed by atoms with Crippen LogP contribution in [0.4, 0.5) is 0 Å². The van der Waals surface area contributed by atoms with E-state index in [9.17, 15) is 28.2 Å². The van der Waals surface area contributed by atoms with Crippen molar-refractivity contribution in [3.05, 3.63) is 23.1 Å². The predicted octanol–water partition coefficient (Wildman–Crippen LogP) is -0.0798. The van der Waals surface area contributed by atoms with Crippen molar-refractivity contribution in [2.75, 3.05) is 25.1 Å². The van der Waals surface area contributed by atoms with Crippen molar-refractivity contribution in [2.24, 2.45) is 17.0 Å². The van der Waals surface area contributed by atoms with E-state index < -0.39 is 28.2 Å². The van der Waals surface area contributed by atoms with Crippen LogP contribution in [0, 0.1) is 11.8 Å². The Morgan fingerprint density at radius 1 is 1.44 bits per heavy atom. The molecule has 39 heavy (non-hydrogen) atoms. The summed E-state index contributed by atoms with van der Waals surface area (Å²) in [4.78, 5) is 28.1. The number of amides is 1. The second-order valence-corrected chi connectivity index (χ2v) is 14.8. The zero-order chi connectivity index (χ0) is 28.2. The quantitative estimate of drug-likeness (QED) is 0.131. The number of nitrogens with one attached hydrogen (secondary N) is 2. The monoisotopic (exact) mass is 617 g/mol. The van der Waals surface area contributed by atoms with Crippen molar-refractivity contribution in [1.82, 2.24) is 19.3 Å². The molecule has 0 spiro atoms. The molecule has 214 valence electrons. The Kier molecular flexibility index (Phi) is 8.11. The molecule has 5 rings (SSSR count). The molecular weight excluding hydrogens is 585 g/mol. The summed E-state index contributed by atoms with van der Waals surface area (Å²) in [6.07, 6.45) is 6.00. The molecule has 0 aromatic carbocycles. The standard InChI is InChI=1S/C23H32N6O6S4/c1-11-16(19(23(32)33)29-18(11)17(12(2)30)20(29)31)15-9-28-10-27(21(36-3)22(28)38-15)4-5-37-14-6-13(25-8-14)7-26-39(24,34)35/h9-14,17-18,25-26,30H,4-8H2,1-3H3,(H2-,24,32,33,34,35)/p+1/t11-,12+,13-,14-,17+,18+/m0/s1. The van der Waals surface area contributed by atoms with Gasteiger partial charge in [0.2, 0.25) is 15.8 Å². The van der Waals surface area contributed by atoms with Crippen LogP contribution in [0.2, 0.25) is 0 Å². The van der Waals surface area contributed by atoms with Gasteiger partial charge in [-0.1, -0.05) is 30.0 Å². The number of hydrogen-bond acceptors (Lipinski definition) is 9. The van der Waals surface area contributed by atoms with Crippen molar-refractivity contribution in [1.29, 1.82) is 0 Å². The topological polar surface area (TPSA) is 170 Å². The first-order valence-corrected chi connectivity index (χ1v) is 17.2. The molecule has 3 aliphatic rings. The molecule has 6 atom stereocenters. The fourth-order valence-corrected chi connectivity index (χ4v) is 9.77. The minimum absolute atomic E-state index is 0.0246. The van der Waals surface area contributed by atoms with Crippen LogP contribution < -0.4 is 19.7 Å². The van der Waals surface area contributed by atoms with E-state index in [1.54, 1.807) is 18.7 Å². The molecule has 16 heteroatoms. The van der Waals surface area contributed by atoms with Gasteiger partial charge in [0.15, 0.2) is 0 Å². The summed E-state index contributed by atoms with van der Waals surface area (Å²) in [6.45, 7) is 5.40. The van der Waals surface area contributed by atoms with Crippen LogP contribution in [0.1, 0.15) is 25.1 Å². The van der Waals surface area contributed by atoms with Crippen LogP contribution >= 0.6 is 34.9 Å². The zero-order valence-electron chi connectivity index (χ0n) is 21.7. The molecule has 2 saturated heterocycles. The summed E-state index contributed by atoms with van der Waals surface area (Å²) in [5, 5.41) is 29.9. The third-order valence-electron chi connectivity index (χ3n) is 7.64. The molecule has 0 aliphatic carbocycles. The lowest BCUT2D eigenvalue weighted by Gasteiger charge is -2.46. The molecular formula is C23H33N6O6S4+. The highest BCUT2D eigenvalue weighted by molar-refractivity contribution is 8.00. The van der Waals surface area contributed by atoms with E-state index in [1.165, 1.54) is 16.2 Å². The van der Waals surface area contributed by atoms with E-state index in [0.717, 1.165) is 40.0 Å². The van der Waals surface area contributed by atoms with E-state index in [4.69, 9.17) is 5.14 Å². The first kappa shape index (κ1) is 28.9. The maximum Gasteiger partial charge on any atom is 0.352 e. The molecule has 12 nitrogen and oxygen atoms in total. The van der Waals surface area contributed by atoms with Gasteiger partial charge >= 0.3 is 5.97 Å². The average Bonchev–Trinajstić information content (AvgIpc) is 3.58. The van der Waals surface area contributed by atoms with E-state index in [-0.39, 0.29) is 36.2 Å². The van der Waals surface area contributed by atoms with Crippen LogP contribution in [0.5, 0.6) is 0 Å². The lowest BCUT2D eigenvalue weighted by molar-refractivity contribution is -0.725. The number of nitrogens with two attached hydrogens (primary N) is 1. The van der Waals surface area contributed by atoms with Gasteiger partial charge in [0.1, 0.15) is 18.4 Å². The van der Waals surface area contributed by atoms with Gasteiger partial charge in [-0.3, -0.25) is 4.79 Å². The Bertz CT molecular complexity index is 1440. The number of aliphatic hydroxyl groups is 1. The number of thiazole rings is 1. The number of aryl methyl sites for hydroxylation is 1. The van der Waals surface area contributed by atoms with Crippen molar-refractivity contribution >= 4 is 67.3 Å². The first-order valence-electron chi connectivity index (χ1n) is 12.6. The fraction of sp³-hybridized carbons (Fsp3) is 0.609. The summed E-state index contributed by atoms with van der Waals surface area (Å²) in [5.41, 5.74) is 0.670. The number of fused-ring (bicyclic) bond motifs is 2. The molecule has 0 unspecified atom stereocenters. The number of aromatic nitrogens is 2. The third kappa shape index (κ3) is 5.37. The summed E-state index contributed by atoms with van der Waals surface area (Å²) in [6, 6.07) is -0.281. The van der Waals surface area contributed by atoms with Gasteiger partial charge in [0.25, 0.3) is 16.5 Å². The largest absolute Gasteiger partial charge is 0.477 e. The molecule has 2 aromatic heterocycles. The van der Waals surface area contributed by atoms with Gasteiger partial charge in [-0.15, -0.1) is 0 Å². The number of aliphatic carboxylic acids is 1. The maximum atomic E-state index is 12.7. The number of carboxylic acid groups (broad SMARTS) is 1. The Labute approximate surface area is 239 Å². The van der Waals surface area contributed by atoms with Gasteiger partial charge in [0, 0.05) is 41.6 Å². The second kappa shape index (κ2) is 11.0. The zero-order valence-corrected chi connectivity index (χ0v) is 25.0. The number of aliphatic hydroxyl groups excluding tert-OH is 1. The molecule has 2 fully saturated rings. The summed E-state index contributed by atoms with van der Waals surface area (Å²) >= 11 is 4.99. The molecule has 0 saturated carbocycles. The van der Waals surface area contributed by atoms with Crippen LogP contribution in [-0.4, -0.2) is 88.3 Å². The third-order valence-corrected chi connectivity index (χ3v) is 11.5. The molecule has 0 radical (unpaired) electrons. The lowest BCUT2D eigenvalue weighted by atomic mass is 9.77. The van der Waals surface area contributed by atoms with Crippen LogP contribution in [0.25, 0.3) is 10.4 Å². The molecule has 2 aromatic rings. The van der Waals surface area contributed by atoms with Crippen LogP contribution in [-0.2, 0) is 26.3 Å². The second-order valence-electron chi connectivity index (χ2n) is 10.2. The summed E-state index contributed by atoms with van der Waals surface area (Å²) < 4.78 is 28.8. The van der Waals surface area contributed by atoms with Crippen LogP contribution in [0.15, 0.2) is 23.2 Å². The van der Waals surface area contributed by atoms with E-state index in [1.807, 2.05) is 41.9 Å². The molecule has 0 bridgehead atoms. The highest BCUT2D eigenvalue weighted by Gasteiger charge is 2.60. The molecule has 6 N–H and O–H groups in total. The maximum absolute atomic E-state index is 12.7. The summed E-state index contributed by atoms with van der Waals surface area (Å²) in [5.74, 6) is -1.37. The number of carbonyl (C=O) groups excluding carboxylic acids is 1. The predicted molar refractivity (Wildman–Crippen MR) is 151 cm³/mol. The van der Waals surface area contributed by atoms with Gasteiger partial charge in [-0.05, 0) is 19.6 Å². The number of β-lactam (4-membered cyclic amide) rings is 1. The van der Waals surface area contributed by atoms with Crippen molar-refractivity contribution in [2.45, 2.75) is 55.3 Å². The number of hydrogen-bond donors (Lipinski definition) is 5. The smallest absolute Gasteiger partial charge is 0.352 e. The van der Waals surface area contributed by atoms with Gasteiger partial charge in [-0.25, -0.2) is 19.2 Å². The highest BCUT2D eigenvalue weighted by Crippen LogP contribution is 2.51. The Hall–Kier alpha value is -1.66. The number of carbonyl (C=O) groups is 2. The SMILES string of the molecule is CSc1c2sc(C3=C(C(=O)O)N4C(=O)[C@H]([C@@H](C)O)[C@H]4[C@H]3C)cn2c[n+]1CCS[C@@H]1CN[C@H](CNS(N)(=O)=O)C1. The van der Waals surface area contributed by atoms with E-state index in [0.29, 0.717) is 10.8 Å². The minimum Gasteiger partial charge on any atom is -0.477 e. The van der Waals surface area contributed by atoms with Gasteiger partial charge < -0.3 is 20.4 Å². The Balaban J connectivity index is 1.29. The number of carboxylic acids is 1. The summed E-state index contributed by atoms with van der Waals surface area (Å²) in [7, 11) is -3.69. The number of imidazole rings is 1. The van der Waals surface area contributed by atoms with E-state index >= 15 is 0 Å². The van der Waals surface area contributed by atoms with Crippen LogP contribution in [0.3, 0.4) is 0 Å². The van der Waals surface area contributed by atoms with Gasteiger partial charge in [0.05, 0.1) is 22.9 Å². The highest BCUT2D eigenvalue weighted by atomic mass is 32.2. The molecule has 5 heterocycles. The number of rotatable bonds is 11. The average molecular weight is 618 g/mol. The number of nitrogens with zero attached hydrogens (tertiary/aromatic N) is 3. The lowest BCUT2D eigenvalue weighted by Crippen LogP contribution is -2.63. The molecule has 3 aliphatic heterocycles. The first-order chi connectivity index (χ1) is 18.4. The molecule has 1 amide bonds. The van der Waals surface area contributed by atoms with Gasteiger partial charge in [-0.2, -0.15) is 24.6 Å². The Morgan fingerprint density at radius 3 is 2.82 bits per heavy atom. The van der Waals surface area contributed by atoms with Crippen molar-refractivity contribution in [3.8, 4) is 0 Å². The fourth-order valence-electron chi connectivity index (χ4n) is 5.91. The minimum atomic E-state index is -3.69. The normalized spacial score (nSPS) is 27.9. The number of thioether (sulfide) groups is 2. The van der Waals surface area contributed by atoms with Crippen molar-refractivity contribution < 1.29 is 32.8 Å². The van der Waals surface area contributed by atoms with E-state index in [2.05, 4.69) is 14.6 Å². The van der Waals surface area contributed by atoms with Crippen molar-refractivity contribution in [3.63, 3.8) is 0 Å².